The summed E-state index contributed by atoms with van der Waals surface area (Å²) in [5.41, 5.74) is 1.78. The van der Waals surface area contributed by atoms with Gasteiger partial charge in [0.05, 0.1) is 16.5 Å². The lowest BCUT2D eigenvalue weighted by molar-refractivity contribution is 0.0906. The maximum absolute atomic E-state index is 13.1. The predicted octanol–water partition coefficient (Wildman–Crippen LogP) is 4.24. The third-order valence-corrected chi connectivity index (χ3v) is 6.31. The van der Waals surface area contributed by atoms with Crippen molar-refractivity contribution in [2.75, 3.05) is 0 Å². The molecule has 6 heteroatoms. The van der Waals surface area contributed by atoms with Crippen LogP contribution in [0.4, 0.5) is 0 Å². The molecular formula is C23H23NO4S. The number of rotatable bonds is 7. The average molecular weight is 410 g/mol. The number of aromatic hydroxyl groups is 1. The summed E-state index contributed by atoms with van der Waals surface area (Å²) >= 11 is 0. The van der Waals surface area contributed by atoms with E-state index in [1.54, 1.807) is 55.5 Å². The molecule has 3 rings (SSSR count). The van der Waals surface area contributed by atoms with E-state index in [9.17, 15) is 18.3 Å². The molecule has 3 aromatic carbocycles. The molecule has 0 saturated carbocycles. The Bertz CT molecular complexity index is 1090. The lowest BCUT2D eigenvalue weighted by atomic mass is 9.88. The maximum atomic E-state index is 13.1. The number of carbonyl (C=O) groups is 1. The highest BCUT2D eigenvalue weighted by Crippen LogP contribution is 2.30. The molecule has 0 fully saturated rings. The third kappa shape index (κ3) is 4.72. The smallest absolute Gasteiger partial charge is 0.241 e. The molecule has 0 aliphatic carbocycles. The van der Waals surface area contributed by atoms with Crippen LogP contribution in [-0.2, 0) is 10.0 Å². The van der Waals surface area contributed by atoms with Gasteiger partial charge in [0.15, 0.2) is 5.78 Å². The molecule has 0 heterocycles. The zero-order valence-electron chi connectivity index (χ0n) is 16.2. The van der Waals surface area contributed by atoms with Gasteiger partial charge in [-0.1, -0.05) is 67.1 Å². The van der Waals surface area contributed by atoms with Gasteiger partial charge in [0.2, 0.25) is 10.0 Å². The second-order valence-corrected chi connectivity index (χ2v) is 8.71. The van der Waals surface area contributed by atoms with E-state index < -0.39 is 22.0 Å². The van der Waals surface area contributed by atoms with E-state index in [0.29, 0.717) is 5.56 Å². The van der Waals surface area contributed by atoms with Crippen LogP contribution in [0.5, 0.6) is 5.75 Å². The van der Waals surface area contributed by atoms with Crippen molar-refractivity contribution in [1.29, 1.82) is 0 Å². The van der Waals surface area contributed by atoms with Crippen LogP contribution in [0, 0.1) is 12.8 Å². The van der Waals surface area contributed by atoms with E-state index in [2.05, 4.69) is 4.72 Å². The molecule has 150 valence electrons. The summed E-state index contributed by atoms with van der Waals surface area (Å²) in [5.74, 6) is -1.22. The van der Waals surface area contributed by atoms with Gasteiger partial charge in [-0.2, -0.15) is 0 Å². The summed E-state index contributed by atoms with van der Waals surface area (Å²) in [6.07, 6.45) is 0. The number of phenols is 1. The molecule has 5 nitrogen and oxygen atoms in total. The lowest BCUT2D eigenvalue weighted by Gasteiger charge is -2.25. The summed E-state index contributed by atoms with van der Waals surface area (Å²) in [5, 5.41) is 10.1. The number of phenolic OH excluding ortho intramolecular Hbond substituents is 1. The molecule has 0 aliphatic heterocycles. The number of para-hydroxylation sites is 1. The normalized spacial score (nSPS) is 13.6. The first-order chi connectivity index (χ1) is 13.8. The quantitative estimate of drug-likeness (QED) is 0.572. The fourth-order valence-corrected chi connectivity index (χ4v) is 4.46. The maximum Gasteiger partial charge on any atom is 0.241 e. The molecule has 3 aromatic rings. The van der Waals surface area contributed by atoms with Crippen molar-refractivity contribution in [1.82, 2.24) is 4.72 Å². The van der Waals surface area contributed by atoms with Gasteiger partial charge in [-0.25, -0.2) is 13.1 Å². The second-order valence-electron chi connectivity index (χ2n) is 6.99. The van der Waals surface area contributed by atoms with Gasteiger partial charge in [0, 0.05) is 5.92 Å². The molecule has 2 atom stereocenters. The SMILES string of the molecule is Cc1ccc(S(=O)(=O)N[C@@H](c2ccccc2)[C@@H](C)C(=O)c2ccccc2O)cc1. The van der Waals surface area contributed by atoms with Crippen LogP contribution in [0.15, 0.2) is 83.8 Å². The van der Waals surface area contributed by atoms with Gasteiger partial charge in [0.25, 0.3) is 0 Å². The Hall–Kier alpha value is -2.96. The molecule has 0 spiro atoms. The number of carbonyl (C=O) groups excluding carboxylic acids is 1. The van der Waals surface area contributed by atoms with E-state index in [0.717, 1.165) is 5.56 Å². The molecule has 2 N–H and O–H groups in total. The van der Waals surface area contributed by atoms with Crippen LogP contribution < -0.4 is 4.72 Å². The first-order valence-electron chi connectivity index (χ1n) is 9.26. The minimum Gasteiger partial charge on any atom is -0.507 e. The molecular weight excluding hydrogens is 386 g/mol. The first kappa shape index (κ1) is 20.8. The van der Waals surface area contributed by atoms with Crippen molar-refractivity contribution in [2.45, 2.75) is 24.8 Å². The zero-order valence-corrected chi connectivity index (χ0v) is 17.1. The number of aryl methyl sites for hydroxylation is 1. The summed E-state index contributed by atoms with van der Waals surface area (Å²) in [6.45, 7) is 3.54. The van der Waals surface area contributed by atoms with Crippen molar-refractivity contribution in [3.63, 3.8) is 0 Å². The van der Waals surface area contributed by atoms with Gasteiger partial charge >= 0.3 is 0 Å². The Morgan fingerprint density at radius 1 is 0.897 bits per heavy atom. The monoisotopic (exact) mass is 409 g/mol. The molecule has 0 aromatic heterocycles. The summed E-state index contributed by atoms with van der Waals surface area (Å²) < 4.78 is 28.7. The van der Waals surface area contributed by atoms with Crippen molar-refractivity contribution in [2.24, 2.45) is 5.92 Å². The molecule has 29 heavy (non-hydrogen) atoms. The number of hydrogen-bond donors (Lipinski definition) is 2. The Kier molecular flexibility index (Phi) is 6.15. The summed E-state index contributed by atoms with van der Waals surface area (Å²) in [7, 11) is -3.86. The van der Waals surface area contributed by atoms with Crippen molar-refractivity contribution >= 4 is 15.8 Å². The molecule has 0 unspecified atom stereocenters. The number of sulfonamides is 1. The van der Waals surface area contributed by atoms with E-state index in [1.807, 2.05) is 13.0 Å². The number of benzene rings is 3. The van der Waals surface area contributed by atoms with Crippen molar-refractivity contribution in [3.05, 3.63) is 95.6 Å². The highest BCUT2D eigenvalue weighted by atomic mass is 32.2. The van der Waals surface area contributed by atoms with Crippen LogP contribution >= 0.6 is 0 Å². The van der Waals surface area contributed by atoms with Crippen LogP contribution in [0.25, 0.3) is 0 Å². The Morgan fingerprint density at radius 2 is 1.48 bits per heavy atom. The standard InChI is InChI=1S/C23H23NO4S/c1-16-12-14-19(15-13-16)29(27,28)24-22(18-8-4-3-5-9-18)17(2)23(26)20-10-6-7-11-21(20)25/h3-15,17,22,24-25H,1-2H3/t17-,22-/m1/s1. The fourth-order valence-electron chi connectivity index (χ4n) is 3.15. The zero-order chi connectivity index (χ0) is 21.0. The number of hydrogen-bond acceptors (Lipinski definition) is 4. The minimum atomic E-state index is -3.86. The van der Waals surface area contributed by atoms with Gasteiger partial charge in [0.1, 0.15) is 5.75 Å². The van der Waals surface area contributed by atoms with Crippen LogP contribution in [0.3, 0.4) is 0 Å². The molecule has 0 amide bonds. The number of nitrogens with one attached hydrogen (secondary N) is 1. The van der Waals surface area contributed by atoms with Gasteiger partial charge in [-0.15, -0.1) is 0 Å². The van der Waals surface area contributed by atoms with Gasteiger partial charge in [-0.3, -0.25) is 4.79 Å². The highest BCUT2D eigenvalue weighted by molar-refractivity contribution is 7.89. The number of Topliss-reactive ketones (excluding diaryl/α,β-unsaturated/α-hetero) is 1. The Balaban J connectivity index is 1.98. The molecule has 0 radical (unpaired) electrons. The fraction of sp³-hybridized carbons (Fsp3) is 0.174. The Morgan fingerprint density at radius 3 is 2.10 bits per heavy atom. The molecule has 0 saturated heterocycles. The van der Waals surface area contributed by atoms with E-state index in [-0.39, 0.29) is 22.0 Å². The van der Waals surface area contributed by atoms with Crippen molar-refractivity contribution in [3.8, 4) is 5.75 Å². The van der Waals surface area contributed by atoms with Gasteiger partial charge in [-0.05, 0) is 36.8 Å². The van der Waals surface area contributed by atoms with Gasteiger partial charge < -0.3 is 5.11 Å². The van der Waals surface area contributed by atoms with Crippen LogP contribution in [-0.4, -0.2) is 19.3 Å². The Labute approximate surface area is 171 Å². The highest BCUT2D eigenvalue weighted by Gasteiger charge is 2.31. The molecule has 0 aliphatic rings. The van der Waals surface area contributed by atoms with E-state index in [4.69, 9.17) is 0 Å². The van der Waals surface area contributed by atoms with Crippen molar-refractivity contribution < 1.29 is 18.3 Å². The van der Waals surface area contributed by atoms with Crippen LogP contribution in [0.2, 0.25) is 0 Å². The first-order valence-corrected chi connectivity index (χ1v) is 10.7. The minimum absolute atomic E-state index is 0.127. The summed E-state index contributed by atoms with van der Waals surface area (Å²) in [4.78, 5) is 13.2. The number of ketones is 1. The van der Waals surface area contributed by atoms with E-state index >= 15 is 0 Å². The predicted molar refractivity (Wildman–Crippen MR) is 112 cm³/mol. The summed E-state index contributed by atoms with van der Waals surface area (Å²) in [6, 6.07) is 20.9. The topological polar surface area (TPSA) is 83.5 Å². The average Bonchev–Trinajstić information content (AvgIpc) is 2.72. The third-order valence-electron chi connectivity index (χ3n) is 4.86. The molecule has 0 bridgehead atoms. The van der Waals surface area contributed by atoms with E-state index in [1.165, 1.54) is 24.3 Å². The second kappa shape index (κ2) is 8.59. The lowest BCUT2D eigenvalue weighted by Crippen LogP contribution is -2.35. The van der Waals surface area contributed by atoms with Crippen LogP contribution in [0.1, 0.15) is 34.5 Å². The largest absolute Gasteiger partial charge is 0.507 e.